The third-order valence-corrected chi connectivity index (χ3v) is 3.95. The average molecular weight is 382 g/mol. The molecule has 0 fully saturated rings. The van der Waals surface area contributed by atoms with Gasteiger partial charge >= 0.3 is 5.97 Å². The molecule has 1 aromatic heterocycles. The molecule has 2 aromatic rings. The van der Waals surface area contributed by atoms with Crippen molar-refractivity contribution in [2.75, 3.05) is 18.7 Å². The SMILES string of the molecule is COc1ccccc1NC(=O)C(C)OC(=O)c1nc(SC)ncc1Cl. The molecule has 1 aromatic carbocycles. The number of hydrogen-bond acceptors (Lipinski definition) is 7. The van der Waals surface area contributed by atoms with Gasteiger partial charge in [-0.2, -0.15) is 0 Å². The number of nitrogens with one attached hydrogen (secondary N) is 1. The summed E-state index contributed by atoms with van der Waals surface area (Å²) in [5.74, 6) is -0.809. The molecule has 0 aliphatic rings. The number of ether oxygens (including phenoxy) is 2. The first-order valence-corrected chi connectivity index (χ1v) is 8.78. The van der Waals surface area contributed by atoms with Crippen LogP contribution in [0.5, 0.6) is 5.75 Å². The largest absolute Gasteiger partial charge is 0.495 e. The zero-order valence-electron chi connectivity index (χ0n) is 13.8. The van der Waals surface area contributed by atoms with E-state index >= 15 is 0 Å². The second kappa shape index (κ2) is 8.68. The highest BCUT2D eigenvalue weighted by molar-refractivity contribution is 7.98. The molecule has 132 valence electrons. The van der Waals surface area contributed by atoms with Crippen molar-refractivity contribution in [2.24, 2.45) is 0 Å². The number of methoxy groups -OCH3 is 1. The normalized spacial score (nSPS) is 11.5. The lowest BCUT2D eigenvalue weighted by Crippen LogP contribution is -2.30. The Bertz CT molecular complexity index is 788. The third kappa shape index (κ3) is 4.83. The smallest absolute Gasteiger partial charge is 0.359 e. The molecule has 7 nitrogen and oxygen atoms in total. The van der Waals surface area contributed by atoms with Crippen molar-refractivity contribution in [1.82, 2.24) is 9.97 Å². The standard InChI is InChI=1S/C16H16ClN3O4S/c1-9(14(21)19-11-6-4-5-7-12(11)23-2)24-15(22)13-10(17)8-18-16(20-13)25-3/h4-9H,1-3H3,(H,19,21). The molecule has 0 aliphatic carbocycles. The summed E-state index contributed by atoms with van der Waals surface area (Å²) in [7, 11) is 1.49. The number of amides is 1. The molecule has 1 amide bonds. The molecule has 0 saturated heterocycles. The van der Waals surface area contributed by atoms with Crippen molar-refractivity contribution < 1.29 is 19.1 Å². The topological polar surface area (TPSA) is 90.4 Å². The molecular weight excluding hydrogens is 366 g/mol. The van der Waals surface area contributed by atoms with E-state index in [1.807, 2.05) is 0 Å². The van der Waals surface area contributed by atoms with Crippen LogP contribution in [0.4, 0.5) is 5.69 Å². The molecule has 0 aliphatic heterocycles. The van der Waals surface area contributed by atoms with Crippen LogP contribution in [0, 0.1) is 0 Å². The minimum Gasteiger partial charge on any atom is -0.495 e. The summed E-state index contributed by atoms with van der Waals surface area (Å²) in [6.45, 7) is 1.45. The van der Waals surface area contributed by atoms with Crippen molar-refractivity contribution in [1.29, 1.82) is 0 Å². The lowest BCUT2D eigenvalue weighted by molar-refractivity contribution is -0.123. The molecule has 0 radical (unpaired) electrons. The number of aromatic nitrogens is 2. The second-order valence-corrected chi connectivity index (χ2v) is 5.97. The predicted octanol–water partition coefficient (Wildman–Crippen LogP) is 3.04. The number of hydrogen-bond donors (Lipinski definition) is 1. The summed E-state index contributed by atoms with van der Waals surface area (Å²) in [6, 6.07) is 6.91. The number of para-hydroxylation sites is 2. The second-order valence-electron chi connectivity index (χ2n) is 4.79. The Labute approximate surface area is 154 Å². The Morgan fingerprint density at radius 1 is 1.32 bits per heavy atom. The van der Waals surface area contributed by atoms with E-state index in [9.17, 15) is 9.59 Å². The fourth-order valence-electron chi connectivity index (χ4n) is 1.84. The van der Waals surface area contributed by atoms with Crippen molar-refractivity contribution >= 4 is 40.9 Å². The number of anilines is 1. The van der Waals surface area contributed by atoms with E-state index < -0.39 is 18.0 Å². The lowest BCUT2D eigenvalue weighted by atomic mass is 10.2. The zero-order chi connectivity index (χ0) is 18.4. The average Bonchev–Trinajstić information content (AvgIpc) is 2.62. The first-order chi connectivity index (χ1) is 12.0. The van der Waals surface area contributed by atoms with Crippen molar-refractivity contribution in [3.05, 3.63) is 41.2 Å². The fraction of sp³-hybridized carbons (Fsp3) is 0.250. The maximum absolute atomic E-state index is 12.2. The van der Waals surface area contributed by atoms with Crippen LogP contribution in [0.25, 0.3) is 0 Å². The van der Waals surface area contributed by atoms with Crippen LogP contribution in [-0.4, -0.2) is 41.3 Å². The maximum Gasteiger partial charge on any atom is 0.359 e. The van der Waals surface area contributed by atoms with E-state index in [0.29, 0.717) is 16.6 Å². The van der Waals surface area contributed by atoms with Crippen LogP contribution < -0.4 is 10.1 Å². The summed E-state index contributed by atoms with van der Waals surface area (Å²) in [5, 5.41) is 3.08. The minimum absolute atomic E-state index is 0.0557. The Hall–Kier alpha value is -2.32. The first kappa shape index (κ1) is 19.0. The van der Waals surface area contributed by atoms with Gasteiger partial charge in [-0.25, -0.2) is 14.8 Å². The van der Waals surface area contributed by atoms with E-state index in [0.717, 1.165) is 0 Å². The van der Waals surface area contributed by atoms with Crippen LogP contribution in [-0.2, 0) is 9.53 Å². The van der Waals surface area contributed by atoms with Crippen LogP contribution >= 0.6 is 23.4 Å². The highest BCUT2D eigenvalue weighted by Crippen LogP contribution is 2.23. The van der Waals surface area contributed by atoms with Crippen molar-refractivity contribution in [2.45, 2.75) is 18.2 Å². The molecule has 0 spiro atoms. The summed E-state index contributed by atoms with van der Waals surface area (Å²) in [5.41, 5.74) is 0.389. The molecule has 0 saturated carbocycles. The van der Waals surface area contributed by atoms with E-state index in [4.69, 9.17) is 21.1 Å². The quantitative estimate of drug-likeness (QED) is 0.467. The Kier molecular flexibility index (Phi) is 6.60. The van der Waals surface area contributed by atoms with Gasteiger partial charge in [0.2, 0.25) is 0 Å². The summed E-state index contributed by atoms with van der Waals surface area (Å²) in [6.07, 6.45) is 2.03. The highest BCUT2D eigenvalue weighted by atomic mass is 35.5. The predicted molar refractivity (Wildman–Crippen MR) is 95.3 cm³/mol. The Morgan fingerprint density at radius 2 is 2.04 bits per heavy atom. The van der Waals surface area contributed by atoms with Gasteiger partial charge in [0, 0.05) is 0 Å². The minimum atomic E-state index is -1.05. The van der Waals surface area contributed by atoms with Gasteiger partial charge in [-0.05, 0) is 25.3 Å². The van der Waals surface area contributed by atoms with E-state index in [1.54, 1.807) is 30.5 Å². The molecule has 25 heavy (non-hydrogen) atoms. The van der Waals surface area contributed by atoms with E-state index in [-0.39, 0.29) is 10.7 Å². The zero-order valence-corrected chi connectivity index (χ0v) is 15.4. The van der Waals surface area contributed by atoms with Crippen LogP contribution in [0.15, 0.2) is 35.6 Å². The van der Waals surface area contributed by atoms with Gasteiger partial charge in [-0.3, -0.25) is 4.79 Å². The number of carbonyl (C=O) groups excluding carboxylic acids is 2. The number of halogens is 1. The third-order valence-electron chi connectivity index (χ3n) is 3.12. The molecule has 9 heteroatoms. The fourth-order valence-corrected chi connectivity index (χ4v) is 2.35. The molecular formula is C16H16ClN3O4S. The van der Waals surface area contributed by atoms with E-state index in [2.05, 4.69) is 15.3 Å². The summed E-state index contributed by atoms with van der Waals surface area (Å²) < 4.78 is 10.3. The number of rotatable bonds is 6. The van der Waals surface area contributed by atoms with Gasteiger partial charge in [-0.15, -0.1) is 0 Å². The molecule has 2 rings (SSSR count). The van der Waals surface area contributed by atoms with Gasteiger partial charge in [-0.1, -0.05) is 35.5 Å². The number of nitrogens with zero attached hydrogens (tertiary/aromatic N) is 2. The van der Waals surface area contributed by atoms with Crippen molar-refractivity contribution in [3.63, 3.8) is 0 Å². The highest BCUT2D eigenvalue weighted by Gasteiger charge is 2.23. The van der Waals surface area contributed by atoms with Gasteiger partial charge in [0.15, 0.2) is 17.0 Å². The monoisotopic (exact) mass is 381 g/mol. The molecule has 1 atom stereocenters. The van der Waals surface area contributed by atoms with Gasteiger partial charge < -0.3 is 14.8 Å². The van der Waals surface area contributed by atoms with Gasteiger partial charge in [0.25, 0.3) is 5.91 Å². The summed E-state index contributed by atoms with van der Waals surface area (Å²) >= 11 is 7.19. The molecule has 0 bridgehead atoms. The Balaban J connectivity index is 2.07. The number of carbonyl (C=O) groups is 2. The maximum atomic E-state index is 12.2. The molecule has 1 N–H and O–H groups in total. The van der Waals surface area contributed by atoms with Gasteiger partial charge in [0.1, 0.15) is 5.75 Å². The molecule has 1 unspecified atom stereocenters. The Morgan fingerprint density at radius 3 is 2.72 bits per heavy atom. The van der Waals surface area contributed by atoms with Crippen molar-refractivity contribution in [3.8, 4) is 5.75 Å². The number of thioether (sulfide) groups is 1. The van der Waals surface area contributed by atoms with Gasteiger partial charge in [0.05, 0.1) is 24.0 Å². The lowest BCUT2D eigenvalue weighted by Gasteiger charge is -2.15. The van der Waals surface area contributed by atoms with Crippen LogP contribution in [0.3, 0.4) is 0 Å². The number of esters is 1. The first-order valence-electron chi connectivity index (χ1n) is 7.17. The van der Waals surface area contributed by atoms with E-state index in [1.165, 1.54) is 32.0 Å². The van der Waals surface area contributed by atoms with Crippen LogP contribution in [0.1, 0.15) is 17.4 Å². The van der Waals surface area contributed by atoms with Crippen LogP contribution in [0.2, 0.25) is 5.02 Å². The molecule has 1 heterocycles. The summed E-state index contributed by atoms with van der Waals surface area (Å²) in [4.78, 5) is 32.4. The number of benzene rings is 1.